The van der Waals surface area contributed by atoms with Gasteiger partial charge in [-0.1, -0.05) is 11.8 Å². The lowest BCUT2D eigenvalue weighted by atomic mass is 10.4. The van der Waals surface area contributed by atoms with Crippen LogP contribution in [0.4, 0.5) is 5.13 Å². The third kappa shape index (κ3) is 3.19. The van der Waals surface area contributed by atoms with E-state index >= 15 is 0 Å². The van der Waals surface area contributed by atoms with E-state index in [1.165, 1.54) is 34.7 Å². The molecule has 3 heterocycles. The lowest BCUT2D eigenvalue weighted by Gasteiger charge is -2.12. The van der Waals surface area contributed by atoms with Crippen LogP contribution in [0.1, 0.15) is 19.9 Å². The van der Waals surface area contributed by atoms with Crippen molar-refractivity contribution >= 4 is 45.3 Å². The van der Waals surface area contributed by atoms with E-state index in [9.17, 15) is 14.4 Å². The normalized spacial score (nSPS) is 11.4. The molecule has 0 aliphatic heterocycles. The van der Waals surface area contributed by atoms with Gasteiger partial charge in [0, 0.05) is 31.7 Å². The molecule has 0 atom stereocenters. The standard InChI is InChI=1S/C15H18N6O3S2/c1-8(2)21-10-11(19(3)15(24)20(4)12(10)23)18-14(21)26-7-9(22)17-13-16-5-6-25-13/h5-6,8H,7H2,1-4H3,(H,16,17,22). The van der Waals surface area contributed by atoms with E-state index in [-0.39, 0.29) is 17.7 Å². The van der Waals surface area contributed by atoms with Crippen LogP contribution in [0.15, 0.2) is 26.3 Å². The number of thiazole rings is 1. The molecule has 26 heavy (non-hydrogen) atoms. The summed E-state index contributed by atoms with van der Waals surface area (Å²) in [5, 5.41) is 5.53. The van der Waals surface area contributed by atoms with Crippen LogP contribution in [0.3, 0.4) is 0 Å². The van der Waals surface area contributed by atoms with Crippen molar-refractivity contribution in [2.45, 2.75) is 25.0 Å². The fraction of sp³-hybridized carbons (Fsp3) is 0.400. The zero-order chi connectivity index (χ0) is 19.0. The summed E-state index contributed by atoms with van der Waals surface area (Å²) in [5.41, 5.74) is -0.167. The van der Waals surface area contributed by atoms with E-state index in [0.717, 1.165) is 4.57 Å². The number of amides is 1. The Morgan fingerprint density at radius 3 is 2.65 bits per heavy atom. The Hall–Kier alpha value is -2.40. The molecule has 0 saturated carbocycles. The fourth-order valence-electron chi connectivity index (χ4n) is 2.55. The van der Waals surface area contributed by atoms with Crippen LogP contribution in [0, 0.1) is 0 Å². The number of carbonyl (C=O) groups excluding carboxylic acids is 1. The number of aromatic nitrogens is 5. The molecule has 0 aliphatic rings. The van der Waals surface area contributed by atoms with Gasteiger partial charge in [0.25, 0.3) is 5.56 Å². The SMILES string of the molecule is CC(C)n1c(SCC(=O)Nc2nccs2)nc2c1c(=O)n(C)c(=O)n2C. The van der Waals surface area contributed by atoms with Crippen molar-refractivity contribution in [3.8, 4) is 0 Å². The summed E-state index contributed by atoms with van der Waals surface area (Å²) in [5.74, 6) is -0.0988. The van der Waals surface area contributed by atoms with Crippen molar-refractivity contribution in [2.24, 2.45) is 14.1 Å². The summed E-state index contributed by atoms with van der Waals surface area (Å²) >= 11 is 2.55. The molecule has 3 aromatic rings. The van der Waals surface area contributed by atoms with Crippen LogP contribution in [0.5, 0.6) is 0 Å². The molecular weight excluding hydrogens is 376 g/mol. The van der Waals surface area contributed by atoms with Gasteiger partial charge in [0.2, 0.25) is 5.91 Å². The number of thioether (sulfide) groups is 1. The summed E-state index contributed by atoms with van der Waals surface area (Å²) < 4.78 is 4.17. The van der Waals surface area contributed by atoms with Crippen molar-refractivity contribution in [2.75, 3.05) is 11.1 Å². The molecule has 1 amide bonds. The van der Waals surface area contributed by atoms with E-state index in [1.807, 2.05) is 13.8 Å². The number of imidazole rings is 1. The monoisotopic (exact) mass is 394 g/mol. The molecule has 0 radical (unpaired) electrons. The van der Waals surface area contributed by atoms with Gasteiger partial charge >= 0.3 is 5.69 Å². The van der Waals surface area contributed by atoms with Gasteiger partial charge < -0.3 is 9.88 Å². The summed E-state index contributed by atoms with van der Waals surface area (Å²) in [6.07, 6.45) is 1.61. The predicted molar refractivity (Wildman–Crippen MR) is 102 cm³/mol. The molecule has 0 bridgehead atoms. The first kappa shape index (κ1) is 18.4. The molecule has 11 heteroatoms. The highest BCUT2D eigenvalue weighted by molar-refractivity contribution is 7.99. The Bertz CT molecular complexity index is 1080. The lowest BCUT2D eigenvalue weighted by molar-refractivity contribution is -0.113. The summed E-state index contributed by atoms with van der Waals surface area (Å²) in [4.78, 5) is 45.3. The molecule has 0 unspecified atom stereocenters. The Balaban J connectivity index is 1.98. The van der Waals surface area contributed by atoms with Gasteiger partial charge in [0.15, 0.2) is 21.5 Å². The van der Waals surface area contributed by atoms with Crippen molar-refractivity contribution in [3.05, 3.63) is 32.4 Å². The molecule has 0 spiro atoms. The number of nitrogens with zero attached hydrogens (tertiary/aromatic N) is 5. The van der Waals surface area contributed by atoms with Crippen molar-refractivity contribution < 1.29 is 4.79 Å². The second-order valence-corrected chi connectivity index (χ2v) is 7.75. The molecule has 9 nitrogen and oxygen atoms in total. The molecule has 3 rings (SSSR count). The third-order valence-corrected chi connectivity index (χ3v) is 5.43. The number of hydrogen-bond donors (Lipinski definition) is 1. The molecule has 0 aromatic carbocycles. The molecule has 138 valence electrons. The molecule has 0 aliphatic carbocycles. The maximum Gasteiger partial charge on any atom is 0.332 e. The quantitative estimate of drug-likeness (QED) is 0.652. The van der Waals surface area contributed by atoms with Crippen molar-refractivity contribution in [1.29, 1.82) is 0 Å². The molecule has 3 aromatic heterocycles. The smallest absolute Gasteiger partial charge is 0.311 e. The maximum absolute atomic E-state index is 12.6. The van der Waals surface area contributed by atoms with Crippen LogP contribution in [0.2, 0.25) is 0 Å². The van der Waals surface area contributed by atoms with E-state index in [2.05, 4.69) is 15.3 Å². The number of nitrogens with one attached hydrogen (secondary N) is 1. The first-order valence-electron chi connectivity index (χ1n) is 7.81. The number of fused-ring (bicyclic) bond motifs is 1. The van der Waals surface area contributed by atoms with E-state index in [1.54, 1.807) is 23.2 Å². The Labute approximate surface area is 156 Å². The fourth-order valence-corrected chi connectivity index (χ4v) is 4.02. The van der Waals surface area contributed by atoms with Gasteiger partial charge in [-0.05, 0) is 13.8 Å². The number of anilines is 1. The molecule has 0 saturated heterocycles. The topological polar surface area (TPSA) is 104 Å². The van der Waals surface area contributed by atoms with Crippen LogP contribution < -0.4 is 16.6 Å². The van der Waals surface area contributed by atoms with Gasteiger partial charge in [-0.15, -0.1) is 11.3 Å². The highest BCUT2D eigenvalue weighted by atomic mass is 32.2. The number of carbonyl (C=O) groups is 1. The molecule has 0 fully saturated rings. The average Bonchev–Trinajstić information content (AvgIpc) is 3.23. The Morgan fingerprint density at radius 2 is 2.04 bits per heavy atom. The van der Waals surface area contributed by atoms with Gasteiger partial charge in [-0.2, -0.15) is 0 Å². The van der Waals surface area contributed by atoms with E-state index in [0.29, 0.717) is 21.5 Å². The van der Waals surface area contributed by atoms with Crippen molar-refractivity contribution in [3.63, 3.8) is 0 Å². The Morgan fingerprint density at radius 1 is 1.31 bits per heavy atom. The number of aryl methyl sites for hydroxylation is 1. The third-order valence-electron chi connectivity index (χ3n) is 3.79. The highest BCUT2D eigenvalue weighted by Gasteiger charge is 2.21. The van der Waals surface area contributed by atoms with Crippen LogP contribution in [-0.4, -0.2) is 35.3 Å². The van der Waals surface area contributed by atoms with Gasteiger partial charge in [-0.25, -0.2) is 14.8 Å². The maximum atomic E-state index is 12.6. The summed E-state index contributed by atoms with van der Waals surface area (Å²) in [7, 11) is 3.02. The number of rotatable bonds is 5. The van der Waals surface area contributed by atoms with Gasteiger partial charge in [0.05, 0.1) is 5.75 Å². The Kier molecular flexibility index (Phi) is 5.01. The highest BCUT2D eigenvalue weighted by Crippen LogP contribution is 2.25. The first-order valence-corrected chi connectivity index (χ1v) is 9.68. The van der Waals surface area contributed by atoms with Crippen LogP contribution in [-0.2, 0) is 18.9 Å². The molecular formula is C15H18N6O3S2. The second-order valence-electron chi connectivity index (χ2n) is 5.91. The summed E-state index contributed by atoms with van der Waals surface area (Å²) in [6.45, 7) is 3.84. The minimum absolute atomic E-state index is 0.0604. The zero-order valence-corrected chi connectivity index (χ0v) is 16.3. The largest absolute Gasteiger partial charge is 0.332 e. The van der Waals surface area contributed by atoms with Gasteiger partial charge in [0.1, 0.15) is 0 Å². The first-order chi connectivity index (χ1) is 12.3. The van der Waals surface area contributed by atoms with E-state index in [4.69, 9.17) is 0 Å². The van der Waals surface area contributed by atoms with Crippen molar-refractivity contribution in [1.82, 2.24) is 23.7 Å². The van der Waals surface area contributed by atoms with E-state index < -0.39 is 11.2 Å². The lowest BCUT2D eigenvalue weighted by Crippen LogP contribution is -2.37. The van der Waals surface area contributed by atoms with Gasteiger partial charge in [-0.3, -0.25) is 18.7 Å². The second kappa shape index (κ2) is 7.08. The number of hydrogen-bond acceptors (Lipinski definition) is 7. The summed E-state index contributed by atoms with van der Waals surface area (Å²) in [6, 6.07) is -0.0604. The minimum atomic E-state index is -0.436. The predicted octanol–water partition coefficient (Wildman–Crippen LogP) is 1.20. The average molecular weight is 394 g/mol. The molecule has 1 N–H and O–H groups in total. The van der Waals surface area contributed by atoms with Crippen LogP contribution in [0.25, 0.3) is 11.2 Å². The van der Waals surface area contributed by atoms with Crippen LogP contribution >= 0.6 is 23.1 Å². The zero-order valence-electron chi connectivity index (χ0n) is 14.7. The minimum Gasteiger partial charge on any atom is -0.311 e.